The van der Waals surface area contributed by atoms with Gasteiger partial charge in [0.1, 0.15) is 0 Å². The van der Waals surface area contributed by atoms with Crippen LogP contribution in [0, 0.1) is 0 Å². The van der Waals surface area contributed by atoms with Crippen LogP contribution in [0.2, 0.25) is 0 Å². The first kappa shape index (κ1) is 26.4. The first-order chi connectivity index (χ1) is 19.6. The maximum atomic E-state index is 6.60. The highest BCUT2D eigenvalue weighted by atomic mass is 27.3. The van der Waals surface area contributed by atoms with Crippen molar-refractivity contribution in [3.63, 3.8) is 0 Å². The molecule has 2 unspecified atom stereocenters. The van der Waals surface area contributed by atoms with Crippen molar-refractivity contribution in [2.45, 2.75) is 51.6 Å². The lowest BCUT2D eigenvalue weighted by Gasteiger charge is -2.27. The van der Waals surface area contributed by atoms with Gasteiger partial charge in [-0.2, -0.15) is 0 Å². The number of aliphatic imine (C=N–C) groups is 2. The van der Waals surface area contributed by atoms with Crippen LogP contribution in [-0.4, -0.2) is 38.7 Å². The van der Waals surface area contributed by atoms with Crippen molar-refractivity contribution in [1.29, 1.82) is 0 Å². The molecule has 6 rings (SSSR count). The van der Waals surface area contributed by atoms with E-state index in [0.717, 1.165) is 58.0 Å². The smallest absolute Gasteiger partial charge is 0.577 e. The molecule has 0 N–H and O–H groups in total. The molecule has 1 saturated carbocycles. The van der Waals surface area contributed by atoms with Gasteiger partial charge in [0.15, 0.2) is 0 Å². The average molecular weight is 545 g/mol. The molecule has 4 aromatic carbocycles. The Morgan fingerprint density at radius 3 is 1.62 bits per heavy atom. The van der Waals surface area contributed by atoms with Gasteiger partial charge in [0.25, 0.3) is 0 Å². The van der Waals surface area contributed by atoms with E-state index in [0.29, 0.717) is 5.75 Å². The lowest BCUT2D eigenvalue weighted by molar-refractivity contribution is 0.307. The lowest BCUT2D eigenvalue weighted by atomic mass is 9.90. The van der Waals surface area contributed by atoms with E-state index in [1.165, 1.54) is 12.8 Å². The van der Waals surface area contributed by atoms with E-state index in [1.807, 2.05) is 66.7 Å². The van der Waals surface area contributed by atoms with Crippen molar-refractivity contribution in [2.75, 3.05) is 0 Å². The minimum absolute atomic E-state index is 0.151. The number of benzene rings is 4. The SMILES string of the molecule is CC1=NC2CCCCC2N=C(C)c2ccccc2[O][Al]([O]c2ccc(-c3ccccc3)cc2)[O]c2ccccc21. The molecule has 0 radical (unpaired) electrons. The van der Waals surface area contributed by atoms with Crippen LogP contribution in [0.15, 0.2) is 113 Å². The predicted molar refractivity (Wildman–Crippen MR) is 163 cm³/mol. The summed E-state index contributed by atoms with van der Waals surface area (Å²) in [5.41, 5.74) is 6.12. The summed E-state index contributed by atoms with van der Waals surface area (Å²) < 4.78 is 19.7. The van der Waals surface area contributed by atoms with Gasteiger partial charge < -0.3 is 11.4 Å². The highest BCUT2D eigenvalue weighted by Gasteiger charge is 2.45. The third kappa shape index (κ3) is 5.99. The van der Waals surface area contributed by atoms with E-state index < -0.39 is 15.1 Å². The zero-order valence-electron chi connectivity index (χ0n) is 23.0. The van der Waals surface area contributed by atoms with Crippen LogP contribution >= 0.6 is 0 Å². The number of hydrogen-bond acceptors (Lipinski definition) is 5. The average Bonchev–Trinajstić information content (AvgIpc) is 2.99. The van der Waals surface area contributed by atoms with Crippen LogP contribution in [0.4, 0.5) is 0 Å². The summed E-state index contributed by atoms with van der Waals surface area (Å²) in [4.78, 5) is 10.4. The van der Waals surface area contributed by atoms with Gasteiger partial charge >= 0.3 is 15.1 Å². The Hall–Kier alpha value is -3.85. The Balaban J connectivity index is 1.39. The highest BCUT2D eigenvalue weighted by molar-refractivity contribution is 6.40. The predicted octanol–water partition coefficient (Wildman–Crippen LogP) is 7.82. The zero-order valence-corrected chi connectivity index (χ0v) is 24.1. The van der Waals surface area contributed by atoms with Crippen molar-refractivity contribution in [1.82, 2.24) is 0 Å². The molecule has 0 spiro atoms. The Morgan fingerprint density at radius 2 is 1.07 bits per heavy atom. The van der Waals surface area contributed by atoms with Crippen molar-refractivity contribution >= 4 is 26.6 Å². The number of para-hydroxylation sites is 2. The summed E-state index contributed by atoms with van der Waals surface area (Å²) in [6.07, 6.45) is 4.44. The molecule has 0 amide bonds. The van der Waals surface area contributed by atoms with Crippen LogP contribution in [0.3, 0.4) is 0 Å². The molecule has 0 aromatic heterocycles. The molecule has 1 aliphatic carbocycles. The second-order valence-corrected chi connectivity index (χ2v) is 11.7. The third-order valence-corrected chi connectivity index (χ3v) is 8.96. The first-order valence-electron chi connectivity index (χ1n) is 14.1. The van der Waals surface area contributed by atoms with Crippen LogP contribution in [0.5, 0.6) is 17.2 Å². The third-order valence-electron chi connectivity index (χ3n) is 7.61. The molecule has 6 heteroatoms. The molecule has 1 aliphatic heterocycles. The molecule has 40 heavy (non-hydrogen) atoms. The van der Waals surface area contributed by atoms with Crippen molar-refractivity contribution < 1.29 is 11.4 Å². The quantitative estimate of drug-likeness (QED) is 0.247. The topological polar surface area (TPSA) is 52.4 Å². The molecular formula is C34H33AlN2O3. The van der Waals surface area contributed by atoms with Gasteiger partial charge in [-0.05, 0) is 74.2 Å². The van der Waals surface area contributed by atoms with Gasteiger partial charge in [0.2, 0.25) is 0 Å². The van der Waals surface area contributed by atoms with Gasteiger partial charge in [-0.3, -0.25) is 9.98 Å². The van der Waals surface area contributed by atoms with Gasteiger partial charge in [-0.25, -0.2) is 0 Å². The van der Waals surface area contributed by atoms with Crippen molar-refractivity contribution in [2.24, 2.45) is 9.98 Å². The van der Waals surface area contributed by atoms with Gasteiger partial charge in [0, 0.05) is 22.6 Å². The Morgan fingerprint density at radius 1 is 0.600 bits per heavy atom. The minimum Gasteiger partial charge on any atom is -0.577 e. The van der Waals surface area contributed by atoms with Crippen molar-refractivity contribution in [3.8, 4) is 28.4 Å². The second-order valence-electron chi connectivity index (χ2n) is 10.4. The molecule has 2 aliphatic rings. The maximum absolute atomic E-state index is 6.60. The summed E-state index contributed by atoms with van der Waals surface area (Å²) in [5, 5.41) is 0. The monoisotopic (exact) mass is 544 g/mol. The summed E-state index contributed by atoms with van der Waals surface area (Å²) in [7, 11) is 0. The van der Waals surface area contributed by atoms with Crippen LogP contribution < -0.4 is 11.4 Å². The first-order valence-corrected chi connectivity index (χ1v) is 15.5. The molecular weight excluding hydrogens is 511 g/mol. The van der Waals surface area contributed by atoms with Crippen LogP contribution in [0.25, 0.3) is 11.1 Å². The molecule has 5 nitrogen and oxygen atoms in total. The summed E-state index contributed by atoms with van der Waals surface area (Å²) in [5.74, 6) is 2.16. The fourth-order valence-corrected chi connectivity index (χ4v) is 6.86. The molecule has 2 atom stereocenters. The maximum Gasteiger partial charge on any atom is 1.20 e. The van der Waals surface area contributed by atoms with E-state index >= 15 is 0 Å². The molecule has 1 heterocycles. The van der Waals surface area contributed by atoms with Crippen LogP contribution in [-0.2, 0) is 0 Å². The van der Waals surface area contributed by atoms with Crippen molar-refractivity contribution in [3.05, 3.63) is 114 Å². The van der Waals surface area contributed by atoms with Gasteiger partial charge in [0.05, 0.1) is 29.3 Å². The van der Waals surface area contributed by atoms with E-state index in [4.69, 9.17) is 21.4 Å². The summed E-state index contributed by atoms with van der Waals surface area (Å²) in [6.45, 7) is 4.14. The van der Waals surface area contributed by atoms with E-state index in [1.54, 1.807) is 0 Å². The molecule has 1 fully saturated rings. The summed E-state index contributed by atoms with van der Waals surface area (Å²) in [6, 6.07) is 34.8. The normalized spacial score (nSPS) is 19.0. The Labute approximate surface area is 241 Å². The fraction of sp³-hybridized carbons (Fsp3) is 0.235. The lowest BCUT2D eigenvalue weighted by Crippen LogP contribution is -2.37. The van der Waals surface area contributed by atoms with Gasteiger partial charge in [-0.1, -0.05) is 79.6 Å². The molecule has 200 valence electrons. The van der Waals surface area contributed by atoms with E-state index in [9.17, 15) is 0 Å². The fourth-order valence-electron chi connectivity index (χ4n) is 5.51. The Bertz CT molecular complexity index is 1440. The van der Waals surface area contributed by atoms with E-state index in [2.05, 4.69) is 50.2 Å². The standard InChI is InChI=1S/C22H26N2O2.C12H10O.Al/c1-15(17-9-3-7-13-21(17)25)23-19-11-5-6-12-20(19)24-16(2)18-10-4-8-14-22(18)26;13-12-8-6-11(7-9-12)10-4-2-1-3-5-10;/h3-4,7-10,13-14,19-20,25-26H,5-6,11-12H2,1-2H3;1-9,13H;/q;;+3/p-3. The van der Waals surface area contributed by atoms with Crippen LogP contribution in [0.1, 0.15) is 50.7 Å². The molecule has 0 saturated heterocycles. The molecule has 4 aromatic rings. The number of fused-ring (bicyclic) bond motifs is 3. The van der Waals surface area contributed by atoms with Gasteiger partial charge in [-0.15, -0.1) is 0 Å². The molecule has 0 bridgehead atoms. The number of nitrogens with zero attached hydrogens (tertiary/aromatic N) is 2. The minimum atomic E-state index is -2.79. The second kappa shape index (κ2) is 12.1. The highest BCUT2D eigenvalue weighted by Crippen LogP contribution is 2.30. The zero-order chi connectivity index (χ0) is 27.3. The largest absolute Gasteiger partial charge is 1.20 e. The number of rotatable bonds is 3. The summed E-state index contributed by atoms with van der Waals surface area (Å²) >= 11 is -2.79. The van der Waals surface area contributed by atoms with E-state index in [-0.39, 0.29) is 12.1 Å². The Kier molecular flexibility index (Phi) is 8.00. The number of hydrogen-bond donors (Lipinski definition) is 0.